The smallest absolute Gasteiger partial charge is 0.416 e. The largest absolute Gasteiger partial charge is 0.481 e. The number of carbonyl (C=O) groups is 1. The number of carboxylic acid groups (broad SMARTS) is 1. The van der Waals surface area contributed by atoms with Gasteiger partial charge in [0.05, 0.1) is 5.56 Å². The molecule has 24 heavy (non-hydrogen) atoms. The number of aliphatic carboxylic acids is 1. The van der Waals surface area contributed by atoms with E-state index in [1.807, 2.05) is 0 Å². The molecule has 1 aromatic rings. The molecular formula is C17H16F4O3. The highest BCUT2D eigenvalue weighted by atomic mass is 19.4. The number of rotatable bonds is 7. The molecule has 0 fully saturated rings. The summed E-state index contributed by atoms with van der Waals surface area (Å²) in [6.45, 7) is 3.92. The van der Waals surface area contributed by atoms with Crippen LogP contribution in [0.25, 0.3) is 5.57 Å². The van der Waals surface area contributed by atoms with Crippen LogP contribution < -0.4 is 4.74 Å². The fourth-order valence-electron chi connectivity index (χ4n) is 1.73. The summed E-state index contributed by atoms with van der Waals surface area (Å²) in [5.41, 5.74) is -0.159. The number of benzene rings is 1. The lowest BCUT2D eigenvalue weighted by molar-refractivity contribution is -0.140. The number of ether oxygens (including phenoxy) is 1. The second kappa shape index (κ2) is 8.33. The van der Waals surface area contributed by atoms with Gasteiger partial charge in [0.25, 0.3) is 0 Å². The molecule has 0 aliphatic rings. The highest BCUT2D eigenvalue weighted by molar-refractivity contribution is 5.77. The Balaban J connectivity index is 3.21. The van der Waals surface area contributed by atoms with Gasteiger partial charge in [0.2, 0.25) is 0 Å². The van der Waals surface area contributed by atoms with Crippen molar-refractivity contribution < 1.29 is 32.2 Å². The lowest BCUT2D eigenvalue weighted by Crippen LogP contribution is -2.11. The molecule has 1 N–H and O–H groups in total. The number of halogens is 4. The van der Waals surface area contributed by atoms with E-state index in [2.05, 4.69) is 6.58 Å². The summed E-state index contributed by atoms with van der Waals surface area (Å²) >= 11 is 0. The van der Waals surface area contributed by atoms with Crippen LogP contribution in [0.5, 0.6) is 5.75 Å². The topological polar surface area (TPSA) is 46.5 Å². The van der Waals surface area contributed by atoms with Crippen LogP contribution in [-0.2, 0) is 11.0 Å². The van der Waals surface area contributed by atoms with Crippen molar-refractivity contribution in [3.63, 3.8) is 0 Å². The first-order valence-electron chi connectivity index (χ1n) is 6.81. The van der Waals surface area contributed by atoms with Gasteiger partial charge in [-0.25, -0.2) is 9.18 Å². The van der Waals surface area contributed by atoms with Crippen molar-refractivity contribution in [2.24, 2.45) is 0 Å². The first kappa shape index (κ1) is 19.5. The maximum atomic E-state index is 12.9. The Kier molecular flexibility index (Phi) is 6.76. The Morgan fingerprint density at radius 3 is 2.54 bits per heavy atom. The third-order valence-electron chi connectivity index (χ3n) is 2.95. The SMILES string of the molecule is C=C(/C=C\C(C)=C/CF)c1cc(C(F)(F)F)ccc1OCC(=O)O. The van der Waals surface area contributed by atoms with E-state index in [-0.39, 0.29) is 16.9 Å². The van der Waals surface area contributed by atoms with E-state index in [1.54, 1.807) is 6.92 Å². The van der Waals surface area contributed by atoms with Crippen molar-refractivity contribution in [3.05, 3.63) is 59.7 Å². The van der Waals surface area contributed by atoms with Gasteiger partial charge in [0.1, 0.15) is 12.4 Å². The Morgan fingerprint density at radius 1 is 1.33 bits per heavy atom. The number of allylic oxidation sites excluding steroid dienone is 5. The Morgan fingerprint density at radius 2 is 2.00 bits per heavy atom. The van der Waals surface area contributed by atoms with Gasteiger partial charge in [-0.3, -0.25) is 0 Å². The highest BCUT2D eigenvalue weighted by Crippen LogP contribution is 2.35. The molecule has 3 nitrogen and oxygen atoms in total. The summed E-state index contributed by atoms with van der Waals surface area (Å²) < 4.78 is 55.8. The van der Waals surface area contributed by atoms with E-state index in [0.29, 0.717) is 5.57 Å². The van der Waals surface area contributed by atoms with Gasteiger partial charge in [-0.05, 0) is 30.7 Å². The van der Waals surface area contributed by atoms with Gasteiger partial charge in [-0.2, -0.15) is 13.2 Å². The van der Waals surface area contributed by atoms with Crippen LogP contribution in [0.4, 0.5) is 17.6 Å². The fourth-order valence-corrected chi connectivity index (χ4v) is 1.73. The first-order chi connectivity index (χ1) is 11.1. The van der Waals surface area contributed by atoms with Crippen LogP contribution in [0, 0.1) is 0 Å². The maximum Gasteiger partial charge on any atom is 0.416 e. The Hall–Kier alpha value is -2.57. The zero-order chi connectivity index (χ0) is 18.3. The highest BCUT2D eigenvalue weighted by Gasteiger charge is 2.31. The van der Waals surface area contributed by atoms with Crippen molar-refractivity contribution in [1.29, 1.82) is 0 Å². The average molecular weight is 344 g/mol. The van der Waals surface area contributed by atoms with Gasteiger partial charge in [0, 0.05) is 5.56 Å². The lowest BCUT2D eigenvalue weighted by atomic mass is 10.0. The van der Waals surface area contributed by atoms with Gasteiger partial charge < -0.3 is 9.84 Å². The van der Waals surface area contributed by atoms with Crippen molar-refractivity contribution in [3.8, 4) is 5.75 Å². The van der Waals surface area contributed by atoms with E-state index in [0.717, 1.165) is 18.2 Å². The molecule has 0 aliphatic carbocycles. The third kappa shape index (κ3) is 5.91. The summed E-state index contributed by atoms with van der Waals surface area (Å²) in [6, 6.07) is 2.67. The number of alkyl halides is 4. The van der Waals surface area contributed by atoms with E-state index in [4.69, 9.17) is 9.84 Å². The number of carboxylic acids is 1. The maximum absolute atomic E-state index is 12.9. The zero-order valence-electron chi connectivity index (χ0n) is 12.9. The molecule has 0 aliphatic heterocycles. The molecule has 130 valence electrons. The molecule has 1 aromatic carbocycles. The molecule has 0 radical (unpaired) electrons. The second-order valence-corrected chi connectivity index (χ2v) is 4.85. The molecule has 0 heterocycles. The molecule has 0 spiro atoms. The number of hydrogen-bond acceptors (Lipinski definition) is 2. The van der Waals surface area contributed by atoms with Crippen LogP contribution in [0.1, 0.15) is 18.1 Å². The predicted octanol–water partition coefficient (Wildman–Crippen LogP) is 4.65. The van der Waals surface area contributed by atoms with Crippen LogP contribution in [-0.4, -0.2) is 24.4 Å². The van der Waals surface area contributed by atoms with Crippen molar-refractivity contribution in [2.75, 3.05) is 13.3 Å². The molecule has 0 saturated carbocycles. The average Bonchev–Trinajstić information content (AvgIpc) is 2.49. The van der Waals surface area contributed by atoms with Crippen molar-refractivity contribution >= 4 is 11.5 Å². The summed E-state index contributed by atoms with van der Waals surface area (Å²) in [6.07, 6.45) is -0.375. The zero-order valence-corrected chi connectivity index (χ0v) is 12.9. The summed E-state index contributed by atoms with van der Waals surface area (Å²) in [7, 11) is 0. The van der Waals surface area contributed by atoms with E-state index >= 15 is 0 Å². The normalized spacial score (nSPS) is 12.5. The monoisotopic (exact) mass is 344 g/mol. The van der Waals surface area contributed by atoms with Crippen LogP contribution in [0.3, 0.4) is 0 Å². The Labute approximate surface area is 136 Å². The second-order valence-electron chi connectivity index (χ2n) is 4.85. The summed E-state index contributed by atoms with van der Waals surface area (Å²) in [5, 5.41) is 8.64. The third-order valence-corrected chi connectivity index (χ3v) is 2.95. The quantitative estimate of drug-likeness (QED) is 0.578. The molecule has 0 bridgehead atoms. The molecule has 7 heteroatoms. The molecular weight excluding hydrogens is 328 g/mol. The predicted molar refractivity (Wildman–Crippen MR) is 82.5 cm³/mol. The van der Waals surface area contributed by atoms with Crippen molar-refractivity contribution in [2.45, 2.75) is 13.1 Å². The summed E-state index contributed by atoms with van der Waals surface area (Å²) in [5.74, 6) is -1.30. The minimum Gasteiger partial charge on any atom is -0.481 e. The van der Waals surface area contributed by atoms with Crippen LogP contribution >= 0.6 is 0 Å². The minimum absolute atomic E-state index is 0.00961. The molecule has 1 rings (SSSR count). The van der Waals surface area contributed by atoms with Gasteiger partial charge in [0.15, 0.2) is 6.61 Å². The van der Waals surface area contributed by atoms with E-state index < -0.39 is 31.0 Å². The first-order valence-corrected chi connectivity index (χ1v) is 6.81. The molecule has 0 aromatic heterocycles. The standard InChI is InChI=1S/C17H16F4O3/c1-11(7-8-18)3-4-12(2)14-9-13(17(19,20)21)5-6-15(14)24-10-16(22)23/h3-7,9H,2,8,10H2,1H3,(H,22,23)/b4-3-,11-7-. The molecule has 0 unspecified atom stereocenters. The summed E-state index contributed by atoms with van der Waals surface area (Å²) in [4.78, 5) is 10.6. The lowest BCUT2D eigenvalue weighted by Gasteiger charge is -2.14. The molecule has 0 saturated heterocycles. The van der Waals surface area contributed by atoms with Gasteiger partial charge in [-0.1, -0.05) is 30.4 Å². The number of hydrogen-bond donors (Lipinski definition) is 1. The van der Waals surface area contributed by atoms with Gasteiger partial charge in [-0.15, -0.1) is 0 Å². The minimum atomic E-state index is -4.56. The molecule has 0 atom stereocenters. The fraction of sp³-hybridized carbons (Fsp3) is 0.235. The Bertz CT molecular complexity index is 673. The van der Waals surface area contributed by atoms with E-state index in [9.17, 15) is 22.4 Å². The van der Waals surface area contributed by atoms with Gasteiger partial charge >= 0.3 is 12.1 Å². The molecule has 0 amide bonds. The van der Waals surface area contributed by atoms with E-state index in [1.165, 1.54) is 18.2 Å². The van der Waals surface area contributed by atoms with Crippen molar-refractivity contribution in [1.82, 2.24) is 0 Å². The van der Waals surface area contributed by atoms with Crippen LogP contribution in [0.15, 0.2) is 48.6 Å². The van der Waals surface area contributed by atoms with Crippen LogP contribution in [0.2, 0.25) is 0 Å².